The van der Waals surface area contributed by atoms with E-state index in [1.54, 1.807) is 18.2 Å². The molecule has 0 aliphatic heterocycles. The Morgan fingerprint density at radius 2 is 2.11 bits per heavy atom. The van der Waals surface area contributed by atoms with Crippen molar-refractivity contribution in [2.75, 3.05) is 5.32 Å². The van der Waals surface area contributed by atoms with Gasteiger partial charge in [0.1, 0.15) is 11.3 Å². The van der Waals surface area contributed by atoms with Gasteiger partial charge in [-0.15, -0.1) is 0 Å². The van der Waals surface area contributed by atoms with Crippen molar-refractivity contribution in [2.45, 2.75) is 51.9 Å². The number of nitrogens with one attached hydrogen (secondary N) is 1. The monoisotopic (exact) mass is 388 g/mol. The first kappa shape index (κ1) is 19.8. The van der Waals surface area contributed by atoms with Gasteiger partial charge in [-0.3, -0.25) is 9.78 Å². The molecule has 1 atom stereocenters. The predicted molar refractivity (Wildman–Crippen MR) is 109 cm³/mol. The fourth-order valence-electron chi connectivity index (χ4n) is 4.17. The molecule has 1 heterocycles. The summed E-state index contributed by atoms with van der Waals surface area (Å²) < 4.78 is 13.8. The summed E-state index contributed by atoms with van der Waals surface area (Å²) in [6.45, 7) is 5.76. The number of pyridine rings is 1. The van der Waals surface area contributed by atoms with Crippen LogP contribution in [0.1, 0.15) is 51.9 Å². The average Bonchev–Trinajstić information content (AvgIpc) is 2.62. The fraction of sp³-hybridized carbons (Fsp3) is 0.455. The van der Waals surface area contributed by atoms with Crippen molar-refractivity contribution >= 4 is 34.1 Å². The molecule has 0 saturated heterocycles. The number of fused-ring (bicyclic) bond motifs is 1. The van der Waals surface area contributed by atoms with E-state index in [1.807, 2.05) is 6.92 Å². The number of carbonyl (C=O) groups excluding carboxylic acids is 1. The molecule has 5 heteroatoms. The summed E-state index contributed by atoms with van der Waals surface area (Å²) in [5, 5.41) is 4.11. The second-order valence-corrected chi connectivity index (χ2v) is 8.49. The van der Waals surface area contributed by atoms with Crippen LogP contribution in [0.2, 0.25) is 0 Å². The number of allylic oxidation sites excluding steroid dienone is 1. The van der Waals surface area contributed by atoms with Crippen molar-refractivity contribution in [3.63, 3.8) is 0 Å². The van der Waals surface area contributed by atoms with Gasteiger partial charge < -0.3 is 5.32 Å². The van der Waals surface area contributed by atoms with Gasteiger partial charge in [0.2, 0.25) is 5.91 Å². The Hall–Kier alpha value is -1.94. The summed E-state index contributed by atoms with van der Waals surface area (Å²) >= 11 is 6.09. The third-order valence-corrected chi connectivity index (χ3v) is 5.65. The van der Waals surface area contributed by atoms with Crippen molar-refractivity contribution in [1.82, 2.24) is 4.98 Å². The number of para-hydroxylation sites is 1. The average molecular weight is 389 g/mol. The summed E-state index contributed by atoms with van der Waals surface area (Å²) in [7, 11) is 0. The second-order valence-electron chi connectivity index (χ2n) is 7.95. The zero-order chi connectivity index (χ0) is 19.4. The molecule has 27 heavy (non-hydrogen) atoms. The number of nitrogens with zero attached hydrogens (tertiary/aromatic N) is 1. The molecule has 1 aromatic heterocycles. The molecule has 0 bridgehead atoms. The lowest BCUT2D eigenvalue weighted by Crippen LogP contribution is -2.36. The van der Waals surface area contributed by atoms with Crippen LogP contribution in [-0.2, 0) is 4.79 Å². The summed E-state index contributed by atoms with van der Waals surface area (Å²) in [5.41, 5.74) is 0.236. The largest absolute Gasteiger partial charge is 0.324 e. The van der Waals surface area contributed by atoms with E-state index in [2.05, 4.69) is 16.9 Å². The van der Waals surface area contributed by atoms with Crippen LogP contribution in [0.25, 0.3) is 10.9 Å². The molecule has 1 unspecified atom stereocenters. The van der Waals surface area contributed by atoms with Crippen LogP contribution in [0.5, 0.6) is 0 Å². The fourth-order valence-corrected chi connectivity index (χ4v) is 4.47. The standard InChI is InChI=1S/C22H26ClFN2O/c1-15(23)12-22(2,13-16-7-4-3-5-8-16)21(27)26-18-11-17-9-6-10-19(24)20(17)25-14-18/h6,9-11,14,16H,1,3-5,7-8,12-13H2,2H3,(H,26,27). The number of halogens is 2. The molecular formula is C22H26ClFN2O. The smallest absolute Gasteiger partial charge is 0.230 e. The van der Waals surface area contributed by atoms with Crippen LogP contribution in [0.15, 0.2) is 42.1 Å². The van der Waals surface area contributed by atoms with E-state index < -0.39 is 5.41 Å². The molecule has 1 saturated carbocycles. The highest BCUT2D eigenvalue weighted by Gasteiger charge is 2.36. The van der Waals surface area contributed by atoms with Crippen molar-refractivity contribution in [1.29, 1.82) is 0 Å². The SMILES string of the molecule is C=C(Cl)CC(C)(CC1CCCCC1)C(=O)Nc1cnc2c(F)cccc2c1. The number of aromatic nitrogens is 1. The number of anilines is 1. The Bertz CT molecular complexity index is 847. The molecule has 1 aromatic carbocycles. The Labute approximate surface area is 165 Å². The van der Waals surface area contributed by atoms with Gasteiger partial charge in [-0.2, -0.15) is 0 Å². The van der Waals surface area contributed by atoms with E-state index in [-0.39, 0.29) is 11.7 Å². The molecule has 0 spiro atoms. The highest BCUT2D eigenvalue weighted by atomic mass is 35.5. The molecule has 1 N–H and O–H groups in total. The molecule has 1 fully saturated rings. The first-order valence-corrected chi connectivity index (χ1v) is 9.94. The Balaban J connectivity index is 1.80. The second kappa shape index (κ2) is 8.39. The minimum absolute atomic E-state index is 0.0903. The van der Waals surface area contributed by atoms with E-state index in [0.717, 1.165) is 19.3 Å². The lowest BCUT2D eigenvalue weighted by molar-refractivity contribution is -0.125. The predicted octanol–water partition coefficient (Wildman–Crippen LogP) is 6.43. The first-order chi connectivity index (χ1) is 12.9. The van der Waals surface area contributed by atoms with Crippen LogP contribution in [0, 0.1) is 17.2 Å². The van der Waals surface area contributed by atoms with Gasteiger partial charge in [-0.1, -0.05) is 69.3 Å². The van der Waals surface area contributed by atoms with Crippen molar-refractivity contribution in [3.8, 4) is 0 Å². The Morgan fingerprint density at radius 3 is 2.81 bits per heavy atom. The van der Waals surface area contributed by atoms with Crippen molar-refractivity contribution < 1.29 is 9.18 Å². The number of benzene rings is 1. The van der Waals surface area contributed by atoms with E-state index >= 15 is 0 Å². The Morgan fingerprint density at radius 1 is 1.37 bits per heavy atom. The summed E-state index contributed by atoms with van der Waals surface area (Å²) in [4.78, 5) is 17.3. The quantitative estimate of drug-likeness (QED) is 0.619. The maximum Gasteiger partial charge on any atom is 0.230 e. The van der Waals surface area contributed by atoms with Crippen LogP contribution in [0.4, 0.5) is 10.1 Å². The minimum atomic E-state index is -0.627. The molecule has 1 amide bonds. The van der Waals surface area contributed by atoms with Gasteiger partial charge in [0, 0.05) is 10.4 Å². The number of hydrogen-bond donors (Lipinski definition) is 1. The summed E-state index contributed by atoms with van der Waals surface area (Å²) in [6.07, 6.45) is 8.78. The van der Waals surface area contributed by atoms with Crippen LogP contribution in [-0.4, -0.2) is 10.9 Å². The Kier molecular flexibility index (Phi) is 6.15. The van der Waals surface area contributed by atoms with E-state index in [4.69, 9.17) is 11.6 Å². The molecule has 1 aliphatic rings. The lowest BCUT2D eigenvalue weighted by atomic mass is 9.73. The van der Waals surface area contributed by atoms with Crippen molar-refractivity contribution in [2.24, 2.45) is 11.3 Å². The molecular weight excluding hydrogens is 363 g/mol. The van der Waals surface area contributed by atoms with Gasteiger partial charge in [-0.05, 0) is 30.9 Å². The zero-order valence-corrected chi connectivity index (χ0v) is 16.5. The lowest BCUT2D eigenvalue weighted by Gasteiger charge is -2.33. The highest BCUT2D eigenvalue weighted by molar-refractivity contribution is 6.29. The third-order valence-electron chi connectivity index (χ3n) is 5.51. The molecule has 3 rings (SSSR count). The molecule has 1 aliphatic carbocycles. The molecule has 3 nitrogen and oxygen atoms in total. The van der Waals surface area contributed by atoms with Gasteiger partial charge in [-0.25, -0.2) is 4.39 Å². The van der Waals surface area contributed by atoms with E-state index in [9.17, 15) is 9.18 Å². The van der Waals surface area contributed by atoms with Gasteiger partial charge in [0.25, 0.3) is 0 Å². The van der Waals surface area contributed by atoms with Crippen LogP contribution < -0.4 is 5.32 Å². The zero-order valence-electron chi connectivity index (χ0n) is 15.7. The normalized spacial score (nSPS) is 17.4. The van der Waals surface area contributed by atoms with Crippen molar-refractivity contribution in [3.05, 3.63) is 47.9 Å². The number of amides is 1. The maximum absolute atomic E-state index is 13.8. The topological polar surface area (TPSA) is 42.0 Å². The highest BCUT2D eigenvalue weighted by Crippen LogP contribution is 2.40. The third kappa shape index (κ3) is 4.86. The minimum Gasteiger partial charge on any atom is -0.324 e. The first-order valence-electron chi connectivity index (χ1n) is 9.56. The maximum atomic E-state index is 13.8. The van der Waals surface area contributed by atoms with Crippen LogP contribution >= 0.6 is 11.6 Å². The van der Waals surface area contributed by atoms with Gasteiger partial charge >= 0.3 is 0 Å². The van der Waals surface area contributed by atoms with Crippen LogP contribution in [0.3, 0.4) is 0 Å². The van der Waals surface area contributed by atoms with E-state index in [0.29, 0.717) is 34.0 Å². The summed E-state index contributed by atoms with van der Waals surface area (Å²) in [5.74, 6) is 0.0766. The molecule has 144 valence electrons. The molecule has 0 radical (unpaired) electrons. The van der Waals surface area contributed by atoms with E-state index in [1.165, 1.54) is 31.5 Å². The number of rotatable bonds is 6. The number of hydrogen-bond acceptors (Lipinski definition) is 2. The van der Waals surface area contributed by atoms with Gasteiger partial charge in [0.15, 0.2) is 0 Å². The number of carbonyl (C=O) groups is 1. The molecule has 2 aromatic rings. The van der Waals surface area contributed by atoms with Gasteiger partial charge in [0.05, 0.1) is 17.3 Å². The summed E-state index contributed by atoms with van der Waals surface area (Å²) in [6, 6.07) is 6.54.